The minimum atomic E-state index is -4.43. The van der Waals surface area contributed by atoms with Crippen molar-refractivity contribution >= 4 is 17.5 Å². The van der Waals surface area contributed by atoms with Gasteiger partial charge in [-0.15, -0.1) is 0 Å². The molecule has 4 rings (SSSR count). The summed E-state index contributed by atoms with van der Waals surface area (Å²) in [5, 5.41) is 0. The molecule has 2 amide bonds. The van der Waals surface area contributed by atoms with Crippen molar-refractivity contribution in [3.05, 3.63) is 29.8 Å². The van der Waals surface area contributed by atoms with E-state index in [1.54, 1.807) is 4.90 Å². The molecular formula is C19H21F3N2O4. The van der Waals surface area contributed by atoms with Crippen molar-refractivity contribution in [3.63, 3.8) is 0 Å². The van der Waals surface area contributed by atoms with E-state index in [4.69, 9.17) is 9.47 Å². The monoisotopic (exact) mass is 398 g/mol. The maximum Gasteiger partial charge on any atom is 0.416 e. The third-order valence-electron chi connectivity index (χ3n) is 5.63. The first-order valence-corrected chi connectivity index (χ1v) is 9.32. The third-order valence-corrected chi connectivity index (χ3v) is 5.63. The van der Waals surface area contributed by atoms with Crippen LogP contribution in [0.5, 0.6) is 0 Å². The summed E-state index contributed by atoms with van der Waals surface area (Å²) in [6, 6.07) is 4.44. The number of alkyl halides is 3. The predicted molar refractivity (Wildman–Crippen MR) is 92.4 cm³/mol. The Morgan fingerprint density at radius 2 is 1.68 bits per heavy atom. The van der Waals surface area contributed by atoms with Gasteiger partial charge in [0.2, 0.25) is 11.8 Å². The molecule has 3 saturated heterocycles. The SMILES string of the molecule is O=C(C1CC(=O)N(c2ccc(C(F)(F)F)cc2)C1)N1CCC2(CC1)OCCO2. The molecule has 3 aliphatic heterocycles. The number of piperidine rings is 1. The second kappa shape index (κ2) is 7.04. The first kappa shape index (κ1) is 19.2. The van der Waals surface area contributed by atoms with Crippen LogP contribution in [0.4, 0.5) is 18.9 Å². The van der Waals surface area contributed by atoms with E-state index in [0.717, 1.165) is 12.1 Å². The molecule has 3 heterocycles. The molecule has 0 N–H and O–H groups in total. The molecular weight excluding hydrogens is 377 g/mol. The van der Waals surface area contributed by atoms with E-state index >= 15 is 0 Å². The van der Waals surface area contributed by atoms with Gasteiger partial charge in [-0.2, -0.15) is 13.2 Å². The lowest BCUT2D eigenvalue weighted by molar-refractivity contribution is -0.188. The summed E-state index contributed by atoms with van der Waals surface area (Å²) in [5.41, 5.74) is -0.396. The van der Waals surface area contributed by atoms with Gasteiger partial charge in [-0.1, -0.05) is 0 Å². The molecule has 0 bridgehead atoms. The number of halogens is 3. The van der Waals surface area contributed by atoms with Gasteiger partial charge in [0.15, 0.2) is 5.79 Å². The second-order valence-corrected chi connectivity index (χ2v) is 7.38. The number of rotatable bonds is 2. The van der Waals surface area contributed by atoms with Gasteiger partial charge in [0.05, 0.1) is 24.7 Å². The van der Waals surface area contributed by atoms with E-state index in [0.29, 0.717) is 44.8 Å². The molecule has 1 spiro atoms. The highest BCUT2D eigenvalue weighted by atomic mass is 19.4. The molecule has 1 atom stereocenters. The molecule has 3 fully saturated rings. The fourth-order valence-corrected chi connectivity index (χ4v) is 4.06. The molecule has 9 heteroatoms. The van der Waals surface area contributed by atoms with Crippen LogP contribution >= 0.6 is 0 Å². The zero-order valence-electron chi connectivity index (χ0n) is 15.2. The zero-order valence-corrected chi connectivity index (χ0v) is 15.2. The van der Waals surface area contributed by atoms with Gasteiger partial charge in [0.25, 0.3) is 0 Å². The van der Waals surface area contributed by atoms with Crippen LogP contribution in [0.3, 0.4) is 0 Å². The number of carbonyl (C=O) groups excluding carboxylic acids is 2. The first-order valence-electron chi connectivity index (χ1n) is 9.32. The molecule has 0 saturated carbocycles. The summed E-state index contributed by atoms with van der Waals surface area (Å²) in [5.74, 6) is -1.42. The average molecular weight is 398 g/mol. The average Bonchev–Trinajstić information content (AvgIpc) is 3.28. The van der Waals surface area contributed by atoms with Crippen molar-refractivity contribution < 1.29 is 32.2 Å². The van der Waals surface area contributed by atoms with Crippen LogP contribution in [0.1, 0.15) is 24.8 Å². The Bertz CT molecular complexity index is 749. The lowest BCUT2D eigenvalue weighted by atomic mass is 10.0. The number of hydrogen-bond donors (Lipinski definition) is 0. The Balaban J connectivity index is 1.38. The smallest absolute Gasteiger partial charge is 0.347 e. The molecule has 1 aromatic carbocycles. The minimum Gasteiger partial charge on any atom is -0.347 e. The van der Waals surface area contributed by atoms with Gasteiger partial charge in [-0.05, 0) is 24.3 Å². The fraction of sp³-hybridized carbons (Fsp3) is 0.579. The largest absolute Gasteiger partial charge is 0.416 e. The summed E-state index contributed by atoms with van der Waals surface area (Å²) in [6.45, 7) is 2.31. The van der Waals surface area contributed by atoms with Gasteiger partial charge in [-0.3, -0.25) is 9.59 Å². The van der Waals surface area contributed by atoms with Gasteiger partial charge in [0.1, 0.15) is 0 Å². The van der Waals surface area contributed by atoms with Crippen molar-refractivity contribution in [1.29, 1.82) is 0 Å². The Morgan fingerprint density at radius 3 is 2.25 bits per heavy atom. The van der Waals surface area contributed by atoms with E-state index in [2.05, 4.69) is 0 Å². The van der Waals surface area contributed by atoms with Crippen molar-refractivity contribution in [3.8, 4) is 0 Å². The minimum absolute atomic E-state index is 0.0640. The van der Waals surface area contributed by atoms with Crippen molar-refractivity contribution in [1.82, 2.24) is 4.90 Å². The first-order chi connectivity index (χ1) is 13.3. The third kappa shape index (κ3) is 3.60. The van der Waals surface area contributed by atoms with Crippen LogP contribution in [0.25, 0.3) is 0 Å². The molecule has 0 radical (unpaired) electrons. The quantitative estimate of drug-likeness (QED) is 0.768. The van der Waals surface area contributed by atoms with Crippen molar-refractivity contribution in [2.75, 3.05) is 37.7 Å². The highest BCUT2D eigenvalue weighted by Gasteiger charge is 2.43. The van der Waals surface area contributed by atoms with Gasteiger partial charge < -0.3 is 19.3 Å². The molecule has 0 aromatic heterocycles. The van der Waals surface area contributed by atoms with E-state index in [1.165, 1.54) is 17.0 Å². The fourth-order valence-electron chi connectivity index (χ4n) is 4.06. The second-order valence-electron chi connectivity index (χ2n) is 7.38. The number of hydrogen-bond acceptors (Lipinski definition) is 4. The summed E-state index contributed by atoms with van der Waals surface area (Å²) in [6.07, 6.45) is -3.16. The standard InChI is InChI=1S/C19H21F3N2O4/c20-19(21,22)14-1-3-15(4-2-14)24-12-13(11-16(24)25)17(26)23-7-5-18(6-8-23)27-9-10-28-18/h1-4,13H,5-12H2. The van der Waals surface area contributed by atoms with E-state index in [1.807, 2.05) is 0 Å². The van der Waals surface area contributed by atoms with E-state index in [-0.39, 0.29) is 24.8 Å². The molecule has 1 aromatic rings. The predicted octanol–water partition coefficient (Wildman–Crippen LogP) is 2.42. The maximum atomic E-state index is 12.8. The normalized spacial score (nSPS) is 25.0. The maximum absolute atomic E-state index is 12.8. The zero-order chi connectivity index (χ0) is 19.9. The highest BCUT2D eigenvalue weighted by molar-refractivity contribution is 6.00. The number of amides is 2. The number of carbonyl (C=O) groups is 2. The van der Waals surface area contributed by atoms with Crippen molar-refractivity contribution in [2.45, 2.75) is 31.2 Å². The van der Waals surface area contributed by atoms with Gasteiger partial charge in [0, 0.05) is 44.6 Å². The number of nitrogens with zero attached hydrogens (tertiary/aromatic N) is 2. The Morgan fingerprint density at radius 1 is 1.07 bits per heavy atom. The van der Waals surface area contributed by atoms with Crippen LogP contribution in [0, 0.1) is 5.92 Å². The van der Waals surface area contributed by atoms with E-state index in [9.17, 15) is 22.8 Å². The van der Waals surface area contributed by atoms with Gasteiger partial charge >= 0.3 is 6.18 Å². The molecule has 6 nitrogen and oxygen atoms in total. The lowest BCUT2D eigenvalue weighted by Crippen LogP contribution is -2.49. The molecule has 28 heavy (non-hydrogen) atoms. The Hall–Kier alpha value is -2.13. The van der Waals surface area contributed by atoms with Crippen molar-refractivity contribution in [2.24, 2.45) is 5.92 Å². The van der Waals surface area contributed by atoms with E-state index < -0.39 is 23.4 Å². The number of anilines is 1. The topological polar surface area (TPSA) is 59.1 Å². The summed E-state index contributed by atoms with van der Waals surface area (Å²) >= 11 is 0. The Labute approximate surface area is 160 Å². The van der Waals surface area contributed by atoms with Crippen LogP contribution in [-0.2, 0) is 25.2 Å². The molecule has 0 aliphatic carbocycles. The van der Waals surface area contributed by atoms with Gasteiger partial charge in [-0.25, -0.2) is 0 Å². The molecule has 1 unspecified atom stereocenters. The summed E-state index contributed by atoms with van der Waals surface area (Å²) < 4.78 is 49.4. The Kier molecular flexibility index (Phi) is 4.83. The molecule has 3 aliphatic rings. The van der Waals surface area contributed by atoms with Crippen LogP contribution < -0.4 is 4.90 Å². The van der Waals surface area contributed by atoms with Crippen LogP contribution in [0.2, 0.25) is 0 Å². The summed E-state index contributed by atoms with van der Waals surface area (Å²) in [4.78, 5) is 28.3. The number of likely N-dealkylation sites (tertiary alicyclic amines) is 1. The number of ether oxygens (including phenoxy) is 2. The van der Waals surface area contributed by atoms with Crippen LogP contribution in [0.15, 0.2) is 24.3 Å². The van der Waals surface area contributed by atoms with Crippen LogP contribution in [-0.4, -0.2) is 55.3 Å². The molecule has 152 valence electrons. The lowest BCUT2D eigenvalue weighted by Gasteiger charge is -2.38. The number of benzene rings is 1. The summed E-state index contributed by atoms with van der Waals surface area (Å²) in [7, 11) is 0. The highest BCUT2D eigenvalue weighted by Crippen LogP contribution is 2.34.